The first kappa shape index (κ1) is 18.0. The van der Waals surface area contributed by atoms with Gasteiger partial charge in [-0.15, -0.1) is 11.3 Å². The van der Waals surface area contributed by atoms with Crippen molar-refractivity contribution in [2.75, 3.05) is 13.2 Å². The number of hydrogen-bond donors (Lipinski definition) is 2. The number of aromatic nitrogens is 2. The van der Waals surface area contributed by atoms with Gasteiger partial charge in [-0.2, -0.15) is 0 Å². The monoisotopic (exact) mass is 409 g/mol. The fourth-order valence-electron chi connectivity index (χ4n) is 3.39. The van der Waals surface area contributed by atoms with E-state index in [2.05, 4.69) is 22.2 Å². The van der Waals surface area contributed by atoms with Crippen LogP contribution in [-0.2, 0) is 6.54 Å². The molecule has 148 valence electrons. The first-order chi connectivity index (χ1) is 14.2. The summed E-state index contributed by atoms with van der Waals surface area (Å²) in [6.45, 7) is 3.63. The summed E-state index contributed by atoms with van der Waals surface area (Å²) in [6.07, 6.45) is 1.60. The minimum atomic E-state index is -0.161. The van der Waals surface area contributed by atoms with Crippen LogP contribution in [-0.4, -0.2) is 23.2 Å². The Balaban J connectivity index is 1.35. The van der Waals surface area contributed by atoms with Crippen molar-refractivity contribution in [2.24, 2.45) is 0 Å². The molecule has 1 unspecified atom stereocenters. The van der Waals surface area contributed by atoms with Crippen LogP contribution in [0.5, 0.6) is 11.5 Å². The van der Waals surface area contributed by atoms with Gasteiger partial charge in [0, 0.05) is 17.0 Å². The quantitative estimate of drug-likeness (QED) is 0.520. The first-order valence-corrected chi connectivity index (χ1v) is 10.2. The Kier molecular flexibility index (Phi) is 4.57. The minimum Gasteiger partial charge on any atom is -0.486 e. The number of hydrogen-bond acceptors (Lipinski definition) is 7. The maximum Gasteiger partial charge on any atom is 0.260 e. The Hall–Kier alpha value is -3.10. The van der Waals surface area contributed by atoms with Gasteiger partial charge in [-0.25, -0.2) is 4.98 Å². The van der Waals surface area contributed by atoms with Gasteiger partial charge in [0.05, 0.1) is 18.2 Å². The second kappa shape index (κ2) is 7.38. The van der Waals surface area contributed by atoms with Crippen molar-refractivity contribution in [1.82, 2.24) is 15.3 Å². The van der Waals surface area contributed by atoms with E-state index in [1.54, 1.807) is 12.3 Å². The van der Waals surface area contributed by atoms with Crippen molar-refractivity contribution in [3.05, 3.63) is 63.7 Å². The van der Waals surface area contributed by atoms with E-state index in [0.29, 0.717) is 41.6 Å². The highest BCUT2D eigenvalue weighted by Gasteiger charge is 2.16. The van der Waals surface area contributed by atoms with Gasteiger partial charge in [-0.05, 0) is 36.8 Å². The van der Waals surface area contributed by atoms with E-state index in [-0.39, 0.29) is 11.6 Å². The van der Waals surface area contributed by atoms with Crippen molar-refractivity contribution in [3.63, 3.8) is 0 Å². The standard InChI is InChI=1S/C21H19N3O4S/c1-12(13-4-5-16-17(9-13)28-8-7-27-16)22-10-18-23-20(25)19-14(11-29-21(19)24-18)15-3-2-6-26-15/h2-6,9,11-12,22H,7-8,10H2,1H3,(H,23,24,25). The Bertz CT molecular complexity index is 1210. The summed E-state index contributed by atoms with van der Waals surface area (Å²) >= 11 is 1.44. The van der Waals surface area contributed by atoms with Crippen LogP contribution in [0, 0.1) is 0 Å². The van der Waals surface area contributed by atoms with Gasteiger partial charge in [-0.3, -0.25) is 4.79 Å². The molecule has 1 atom stereocenters. The van der Waals surface area contributed by atoms with Crippen molar-refractivity contribution in [3.8, 4) is 22.8 Å². The zero-order chi connectivity index (χ0) is 19.8. The molecule has 0 spiro atoms. The molecule has 4 heterocycles. The number of rotatable bonds is 5. The van der Waals surface area contributed by atoms with Gasteiger partial charge in [0.1, 0.15) is 29.6 Å². The number of thiophene rings is 1. The molecule has 0 saturated heterocycles. The maximum atomic E-state index is 12.7. The molecule has 1 aromatic carbocycles. The Morgan fingerprint density at radius 3 is 2.93 bits per heavy atom. The third-order valence-electron chi connectivity index (χ3n) is 4.92. The molecule has 0 radical (unpaired) electrons. The molecule has 8 heteroatoms. The lowest BCUT2D eigenvalue weighted by atomic mass is 10.1. The lowest BCUT2D eigenvalue weighted by molar-refractivity contribution is 0.171. The van der Waals surface area contributed by atoms with Crippen LogP contribution in [0.2, 0.25) is 0 Å². The molecule has 0 fully saturated rings. The smallest absolute Gasteiger partial charge is 0.260 e. The summed E-state index contributed by atoms with van der Waals surface area (Å²) < 4.78 is 16.7. The van der Waals surface area contributed by atoms with Crippen molar-refractivity contribution in [1.29, 1.82) is 0 Å². The highest BCUT2D eigenvalue weighted by atomic mass is 32.1. The fourth-order valence-corrected chi connectivity index (χ4v) is 4.33. The molecule has 2 N–H and O–H groups in total. The van der Waals surface area contributed by atoms with Crippen molar-refractivity contribution >= 4 is 21.6 Å². The van der Waals surface area contributed by atoms with E-state index in [1.807, 2.05) is 29.6 Å². The number of nitrogens with zero attached hydrogens (tertiary/aromatic N) is 1. The Morgan fingerprint density at radius 1 is 1.24 bits per heavy atom. The largest absolute Gasteiger partial charge is 0.486 e. The fraction of sp³-hybridized carbons (Fsp3) is 0.238. The summed E-state index contributed by atoms with van der Waals surface area (Å²) in [6, 6.07) is 9.62. The molecule has 1 aliphatic rings. The topological polar surface area (TPSA) is 89.4 Å². The zero-order valence-electron chi connectivity index (χ0n) is 15.7. The molecule has 7 nitrogen and oxygen atoms in total. The van der Waals surface area contributed by atoms with E-state index >= 15 is 0 Å². The number of aromatic amines is 1. The first-order valence-electron chi connectivity index (χ1n) is 9.36. The lowest BCUT2D eigenvalue weighted by Gasteiger charge is -2.21. The average Bonchev–Trinajstić information content (AvgIpc) is 3.41. The molecule has 29 heavy (non-hydrogen) atoms. The number of ether oxygens (including phenoxy) is 2. The van der Waals surface area contributed by atoms with Gasteiger partial charge >= 0.3 is 0 Å². The number of benzene rings is 1. The average molecular weight is 409 g/mol. The van der Waals surface area contributed by atoms with Crippen LogP contribution < -0.4 is 20.3 Å². The summed E-state index contributed by atoms with van der Waals surface area (Å²) in [7, 11) is 0. The van der Waals surface area contributed by atoms with E-state index < -0.39 is 0 Å². The van der Waals surface area contributed by atoms with Crippen molar-refractivity contribution in [2.45, 2.75) is 19.5 Å². The van der Waals surface area contributed by atoms with Gasteiger partial charge in [0.15, 0.2) is 11.5 Å². The van der Waals surface area contributed by atoms with Gasteiger partial charge in [-0.1, -0.05) is 6.07 Å². The minimum absolute atomic E-state index is 0.0499. The van der Waals surface area contributed by atoms with E-state index in [0.717, 1.165) is 22.6 Å². The van der Waals surface area contributed by atoms with E-state index in [1.165, 1.54) is 11.3 Å². The normalized spacial score (nSPS) is 14.2. The number of furan rings is 1. The summed E-state index contributed by atoms with van der Waals surface area (Å²) in [5.41, 5.74) is 1.69. The van der Waals surface area contributed by atoms with Gasteiger partial charge in [0.2, 0.25) is 0 Å². The molecule has 0 aliphatic carbocycles. The second-order valence-corrected chi connectivity index (χ2v) is 7.68. The lowest BCUT2D eigenvalue weighted by Crippen LogP contribution is -2.22. The van der Waals surface area contributed by atoms with Gasteiger partial charge < -0.3 is 24.2 Å². The maximum absolute atomic E-state index is 12.7. The predicted octanol–water partition coefficient (Wildman–Crippen LogP) is 3.87. The Labute approximate surface area is 170 Å². The number of fused-ring (bicyclic) bond motifs is 2. The third-order valence-corrected chi connectivity index (χ3v) is 5.79. The van der Waals surface area contributed by atoms with Crippen LogP contribution in [0.25, 0.3) is 21.5 Å². The molecular weight excluding hydrogens is 390 g/mol. The van der Waals surface area contributed by atoms with Crippen LogP contribution in [0.15, 0.2) is 51.2 Å². The summed E-state index contributed by atoms with van der Waals surface area (Å²) in [5.74, 6) is 2.80. The van der Waals surface area contributed by atoms with Crippen molar-refractivity contribution < 1.29 is 13.9 Å². The summed E-state index contributed by atoms with van der Waals surface area (Å²) in [5, 5.41) is 5.87. The Morgan fingerprint density at radius 2 is 2.10 bits per heavy atom. The van der Waals surface area contributed by atoms with E-state index in [9.17, 15) is 4.79 Å². The van der Waals surface area contributed by atoms with Crippen LogP contribution in [0.4, 0.5) is 0 Å². The van der Waals surface area contributed by atoms with Crippen LogP contribution in [0.3, 0.4) is 0 Å². The van der Waals surface area contributed by atoms with Crippen LogP contribution in [0.1, 0.15) is 24.4 Å². The SMILES string of the molecule is CC(NCc1nc2scc(-c3ccco3)c2c(=O)[nH]1)c1ccc2c(c1)OCCO2. The highest BCUT2D eigenvalue weighted by molar-refractivity contribution is 7.17. The molecule has 1 aliphatic heterocycles. The number of H-pyrrole nitrogens is 1. The molecule has 5 rings (SSSR count). The van der Waals surface area contributed by atoms with Crippen LogP contribution >= 0.6 is 11.3 Å². The predicted molar refractivity (Wildman–Crippen MR) is 111 cm³/mol. The third kappa shape index (κ3) is 3.41. The highest BCUT2D eigenvalue weighted by Crippen LogP contribution is 2.33. The molecule has 0 bridgehead atoms. The number of nitrogens with one attached hydrogen (secondary N) is 2. The second-order valence-electron chi connectivity index (χ2n) is 6.83. The van der Waals surface area contributed by atoms with E-state index in [4.69, 9.17) is 13.9 Å². The summed E-state index contributed by atoms with van der Waals surface area (Å²) in [4.78, 5) is 20.9. The molecule has 4 aromatic rings. The molecule has 3 aromatic heterocycles. The zero-order valence-corrected chi connectivity index (χ0v) is 16.5. The molecular formula is C21H19N3O4S. The molecule has 0 saturated carbocycles. The van der Waals surface area contributed by atoms with Gasteiger partial charge in [0.25, 0.3) is 5.56 Å². The molecule has 0 amide bonds.